The van der Waals surface area contributed by atoms with E-state index in [-0.39, 0.29) is 11.7 Å². The van der Waals surface area contributed by atoms with Crippen molar-refractivity contribution >= 4 is 21.9 Å². The molecule has 1 aliphatic heterocycles. The average Bonchev–Trinajstić information content (AvgIpc) is 3.22. The van der Waals surface area contributed by atoms with Crippen LogP contribution in [0.5, 0.6) is 0 Å². The summed E-state index contributed by atoms with van der Waals surface area (Å²) in [5, 5.41) is 15.8. The van der Waals surface area contributed by atoms with Crippen LogP contribution in [0.25, 0.3) is 21.9 Å². The highest BCUT2D eigenvalue weighted by molar-refractivity contribution is 5.83. The standard InChI is InChI=1S/C22H24N4O2/c27-21-16-7-3-9-18-20(16)26(22(28)25-18)12-10-19(21)23-11-4-5-14-13-24-17-8-2-1-6-15(14)17/h1-3,6-9,13,19,21,23-24,27H,4-5,10-12H2,(H,25,28). The number of aromatic nitrogens is 3. The summed E-state index contributed by atoms with van der Waals surface area (Å²) >= 11 is 0. The first-order valence-electron chi connectivity index (χ1n) is 9.90. The molecule has 6 heteroatoms. The van der Waals surface area contributed by atoms with E-state index in [9.17, 15) is 9.90 Å². The summed E-state index contributed by atoms with van der Waals surface area (Å²) < 4.78 is 1.75. The third-order valence-corrected chi connectivity index (χ3v) is 5.89. The Hall–Kier alpha value is -2.83. The van der Waals surface area contributed by atoms with Gasteiger partial charge in [0.05, 0.1) is 17.1 Å². The summed E-state index contributed by atoms with van der Waals surface area (Å²) in [5.41, 5.74) is 4.85. The van der Waals surface area contributed by atoms with Gasteiger partial charge in [-0.15, -0.1) is 0 Å². The summed E-state index contributed by atoms with van der Waals surface area (Å²) in [6.45, 7) is 1.43. The number of nitrogens with zero attached hydrogens (tertiary/aromatic N) is 1. The average molecular weight is 376 g/mol. The van der Waals surface area contributed by atoms with E-state index in [4.69, 9.17) is 0 Å². The second kappa shape index (κ2) is 6.96. The number of aryl methyl sites for hydroxylation is 2. The molecule has 2 unspecified atom stereocenters. The van der Waals surface area contributed by atoms with Crippen molar-refractivity contribution in [2.75, 3.05) is 6.54 Å². The lowest BCUT2D eigenvalue weighted by Gasteiger charge is -2.22. The molecule has 0 saturated carbocycles. The van der Waals surface area contributed by atoms with E-state index in [0.29, 0.717) is 6.54 Å². The Morgan fingerprint density at radius 3 is 2.93 bits per heavy atom. The van der Waals surface area contributed by atoms with Gasteiger partial charge in [0.2, 0.25) is 0 Å². The molecule has 2 aromatic heterocycles. The van der Waals surface area contributed by atoms with Crippen LogP contribution in [0.2, 0.25) is 0 Å². The second-order valence-electron chi connectivity index (χ2n) is 7.58. The predicted octanol–water partition coefficient (Wildman–Crippen LogP) is 2.84. The summed E-state index contributed by atoms with van der Waals surface area (Å²) in [5.74, 6) is 0. The Labute approximate surface area is 162 Å². The number of imidazole rings is 1. The maximum atomic E-state index is 12.2. The summed E-state index contributed by atoms with van der Waals surface area (Å²) in [6, 6.07) is 14.0. The fraction of sp³-hybridized carbons (Fsp3) is 0.318. The Balaban J connectivity index is 1.27. The summed E-state index contributed by atoms with van der Waals surface area (Å²) in [7, 11) is 0. The fourth-order valence-electron chi connectivity index (χ4n) is 4.46. The molecule has 2 aromatic carbocycles. The number of fused-ring (bicyclic) bond motifs is 1. The lowest BCUT2D eigenvalue weighted by atomic mass is 9.99. The van der Waals surface area contributed by atoms with E-state index in [1.807, 2.05) is 24.3 Å². The minimum Gasteiger partial charge on any atom is -0.387 e. The molecule has 0 bridgehead atoms. The Kier molecular flexibility index (Phi) is 4.30. The number of nitrogens with one attached hydrogen (secondary N) is 3. The molecule has 4 aromatic rings. The Morgan fingerprint density at radius 1 is 1.14 bits per heavy atom. The van der Waals surface area contributed by atoms with E-state index < -0.39 is 6.10 Å². The number of rotatable bonds is 5. The molecule has 4 N–H and O–H groups in total. The molecule has 2 atom stereocenters. The summed E-state index contributed by atoms with van der Waals surface area (Å²) in [6.07, 6.45) is 4.15. The first kappa shape index (κ1) is 17.3. The van der Waals surface area contributed by atoms with Gasteiger partial charge in [-0.3, -0.25) is 4.57 Å². The van der Waals surface area contributed by atoms with E-state index in [2.05, 4.69) is 39.7 Å². The zero-order valence-electron chi connectivity index (χ0n) is 15.6. The van der Waals surface area contributed by atoms with Crippen molar-refractivity contribution in [3.05, 3.63) is 70.3 Å². The molecule has 0 saturated heterocycles. The van der Waals surface area contributed by atoms with Crippen LogP contribution >= 0.6 is 0 Å². The van der Waals surface area contributed by atoms with E-state index in [1.54, 1.807) is 4.57 Å². The molecule has 0 amide bonds. The number of benzene rings is 2. The van der Waals surface area contributed by atoms with Crippen LogP contribution in [0.4, 0.5) is 0 Å². The third-order valence-electron chi connectivity index (χ3n) is 5.89. The number of H-pyrrole nitrogens is 2. The quantitative estimate of drug-likeness (QED) is 0.404. The van der Waals surface area contributed by atoms with Gasteiger partial charge in [-0.1, -0.05) is 30.3 Å². The van der Waals surface area contributed by atoms with Crippen molar-refractivity contribution < 1.29 is 5.11 Å². The molecule has 1 aliphatic rings. The molecule has 0 aliphatic carbocycles. The maximum Gasteiger partial charge on any atom is 0.326 e. The first-order chi connectivity index (χ1) is 13.7. The van der Waals surface area contributed by atoms with E-state index in [1.165, 1.54) is 16.5 Å². The number of aromatic amines is 2. The van der Waals surface area contributed by atoms with E-state index >= 15 is 0 Å². The minimum atomic E-state index is -0.624. The summed E-state index contributed by atoms with van der Waals surface area (Å²) in [4.78, 5) is 18.4. The van der Waals surface area contributed by atoms with Gasteiger partial charge in [0.1, 0.15) is 0 Å². The van der Waals surface area contributed by atoms with Gasteiger partial charge in [-0.2, -0.15) is 0 Å². The van der Waals surface area contributed by atoms with Crippen LogP contribution < -0.4 is 11.0 Å². The number of aliphatic hydroxyl groups excluding tert-OH is 1. The smallest absolute Gasteiger partial charge is 0.326 e. The number of aliphatic hydroxyl groups is 1. The molecule has 0 fully saturated rings. The number of para-hydroxylation sites is 2. The molecule has 5 rings (SSSR count). The minimum absolute atomic E-state index is 0.0622. The molecular weight excluding hydrogens is 352 g/mol. The molecule has 144 valence electrons. The van der Waals surface area contributed by atoms with E-state index in [0.717, 1.165) is 42.4 Å². The lowest BCUT2D eigenvalue weighted by molar-refractivity contribution is 0.125. The SMILES string of the molecule is O=c1[nH]c2cccc3c2n1CCC(NCCCc1c[nH]c2ccccc12)C3O. The van der Waals surface area contributed by atoms with Gasteiger partial charge < -0.3 is 20.4 Å². The van der Waals surface area contributed by atoms with Crippen LogP contribution in [0.15, 0.2) is 53.5 Å². The zero-order valence-corrected chi connectivity index (χ0v) is 15.6. The van der Waals surface area contributed by atoms with Crippen molar-refractivity contribution in [2.45, 2.75) is 38.0 Å². The maximum absolute atomic E-state index is 12.2. The highest BCUT2D eigenvalue weighted by atomic mass is 16.3. The molecule has 0 radical (unpaired) electrons. The van der Waals surface area contributed by atoms with Crippen LogP contribution in [0.3, 0.4) is 0 Å². The zero-order chi connectivity index (χ0) is 19.1. The van der Waals surface area contributed by atoms with Crippen LogP contribution in [0.1, 0.15) is 30.1 Å². The number of hydrogen-bond donors (Lipinski definition) is 4. The van der Waals surface area contributed by atoms with Crippen LogP contribution in [0, 0.1) is 0 Å². The fourth-order valence-corrected chi connectivity index (χ4v) is 4.46. The van der Waals surface area contributed by atoms with Crippen molar-refractivity contribution in [3.8, 4) is 0 Å². The molecule has 28 heavy (non-hydrogen) atoms. The highest BCUT2D eigenvalue weighted by Crippen LogP contribution is 2.29. The van der Waals surface area contributed by atoms with Crippen LogP contribution in [-0.2, 0) is 13.0 Å². The third kappa shape index (κ3) is 2.85. The van der Waals surface area contributed by atoms with Gasteiger partial charge in [-0.25, -0.2) is 4.79 Å². The first-order valence-corrected chi connectivity index (χ1v) is 9.90. The van der Waals surface area contributed by atoms with Gasteiger partial charge in [0, 0.05) is 35.2 Å². The lowest BCUT2D eigenvalue weighted by Crippen LogP contribution is -2.36. The Bertz CT molecular complexity index is 1190. The normalized spacial score (nSPS) is 19.3. The highest BCUT2D eigenvalue weighted by Gasteiger charge is 2.27. The molecular formula is C22H24N4O2. The second-order valence-corrected chi connectivity index (χ2v) is 7.58. The number of hydrogen-bond acceptors (Lipinski definition) is 3. The largest absolute Gasteiger partial charge is 0.387 e. The molecule has 6 nitrogen and oxygen atoms in total. The van der Waals surface area contributed by atoms with Crippen LogP contribution in [-0.4, -0.2) is 32.2 Å². The van der Waals surface area contributed by atoms with Gasteiger partial charge in [0.15, 0.2) is 0 Å². The van der Waals surface area contributed by atoms with Gasteiger partial charge >= 0.3 is 5.69 Å². The van der Waals surface area contributed by atoms with Crippen molar-refractivity contribution in [1.82, 2.24) is 19.9 Å². The van der Waals surface area contributed by atoms with Gasteiger partial charge in [-0.05, 0) is 43.5 Å². The topological polar surface area (TPSA) is 85.8 Å². The Morgan fingerprint density at radius 2 is 2.00 bits per heavy atom. The van der Waals surface area contributed by atoms with Crippen molar-refractivity contribution in [2.24, 2.45) is 0 Å². The van der Waals surface area contributed by atoms with Crippen molar-refractivity contribution in [1.29, 1.82) is 0 Å². The predicted molar refractivity (Wildman–Crippen MR) is 111 cm³/mol. The monoisotopic (exact) mass is 376 g/mol. The van der Waals surface area contributed by atoms with Gasteiger partial charge in [0.25, 0.3) is 0 Å². The molecule has 3 heterocycles. The van der Waals surface area contributed by atoms with Crippen molar-refractivity contribution in [3.63, 3.8) is 0 Å². The molecule has 0 spiro atoms.